The van der Waals surface area contributed by atoms with Gasteiger partial charge in [-0.2, -0.15) is 0 Å². The fourth-order valence-corrected chi connectivity index (χ4v) is 2.71. The molecule has 0 aliphatic carbocycles. The van der Waals surface area contributed by atoms with Crippen LogP contribution in [0.1, 0.15) is 23.7 Å². The first-order valence-electron chi connectivity index (χ1n) is 6.73. The highest BCUT2D eigenvalue weighted by Gasteiger charge is 2.26. The van der Waals surface area contributed by atoms with E-state index in [1.165, 1.54) is 12.1 Å². The summed E-state index contributed by atoms with van der Waals surface area (Å²) in [7, 11) is -1.67. The molecule has 1 aromatic rings. The molecule has 2 amide bonds. The molecule has 0 saturated heterocycles. The molecule has 0 bridgehead atoms. The predicted octanol–water partition coefficient (Wildman–Crippen LogP) is 1.43. The van der Waals surface area contributed by atoms with Gasteiger partial charge < -0.3 is 20.7 Å². The van der Waals surface area contributed by atoms with Crippen molar-refractivity contribution in [3.63, 3.8) is 0 Å². The van der Waals surface area contributed by atoms with Gasteiger partial charge in [0, 0.05) is 8.95 Å². The molecule has 10 heteroatoms. The van der Waals surface area contributed by atoms with Crippen LogP contribution in [0, 0.1) is 0 Å². The Hall–Kier alpha value is -0.545. The maximum Gasteiger partial charge on any atom is 0.475 e. The second kappa shape index (κ2) is 9.68. The van der Waals surface area contributed by atoms with Crippen LogP contribution in [0.5, 0.6) is 0 Å². The highest BCUT2D eigenvalue weighted by Crippen LogP contribution is 2.20. The Morgan fingerprint density at radius 1 is 1.35 bits per heavy atom. The van der Waals surface area contributed by atoms with Crippen molar-refractivity contribution in [2.75, 3.05) is 6.54 Å². The molecule has 6 nitrogen and oxygen atoms in total. The lowest BCUT2D eigenvalue weighted by Gasteiger charge is -2.19. The smallest absolute Gasteiger partial charge is 0.426 e. The maximum absolute atomic E-state index is 12.0. The molecule has 0 saturated carbocycles. The van der Waals surface area contributed by atoms with Gasteiger partial charge in [0.15, 0.2) is 0 Å². The molecule has 0 spiro atoms. The van der Waals surface area contributed by atoms with Crippen LogP contribution in [0.15, 0.2) is 18.2 Å². The number of alkyl halides is 1. The first-order valence-corrected chi connectivity index (χ1v) is 8.73. The van der Waals surface area contributed by atoms with Crippen LogP contribution in [-0.4, -0.2) is 45.4 Å². The second-order valence-corrected chi connectivity index (χ2v) is 7.88. The summed E-state index contributed by atoms with van der Waals surface area (Å²) in [6.07, 6.45) is 0.387. The molecule has 1 aromatic carbocycles. The second-order valence-electron chi connectivity index (χ2n) is 4.91. The Labute approximate surface area is 158 Å². The summed E-state index contributed by atoms with van der Waals surface area (Å²) in [5.41, 5.74) is 0.159. The normalized spacial score (nSPS) is 13.1. The Kier molecular flexibility index (Phi) is 8.63. The lowest BCUT2D eigenvalue weighted by molar-refractivity contribution is -0.120. The Morgan fingerprint density at radius 2 is 2.00 bits per heavy atom. The van der Waals surface area contributed by atoms with Crippen molar-refractivity contribution in [1.82, 2.24) is 10.6 Å². The number of rotatable bonds is 7. The van der Waals surface area contributed by atoms with E-state index in [9.17, 15) is 19.6 Å². The Morgan fingerprint density at radius 3 is 2.57 bits per heavy atom. The number of hydrogen-bond donors (Lipinski definition) is 4. The molecular weight excluding hydrogens is 457 g/mol. The van der Waals surface area contributed by atoms with Crippen LogP contribution in [-0.2, 0) is 4.79 Å². The quantitative estimate of drug-likeness (QED) is 0.274. The zero-order valence-electron chi connectivity index (χ0n) is 12.2. The summed E-state index contributed by atoms with van der Waals surface area (Å²) in [6.45, 7) is 1.56. The van der Waals surface area contributed by atoms with Gasteiger partial charge in [-0.3, -0.25) is 9.59 Å². The van der Waals surface area contributed by atoms with Gasteiger partial charge in [0.05, 0.1) is 23.1 Å². The minimum absolute atomic E-state index is 0.138. The van der Waals surface area contributed by atoms with E-state index in [1.54, 1.807) is 6.07 Å². The number of amides is 2. The maximum atomic E-state index is 12.0. The van der Waals surface area contributed by atoms with E-state index in [0.29, 0.717) is 11.4 Å². The lowest BCUT2D eigenvalue weighted by Crippen LogP contribution is -2.50. The Bertz CT molecular complexity index is 575. The monoisotopic (exact) mass is 472 g/mol. The van der Waals surface area contributed by atoms with Gasteiger partial charge >= 0.3 is 7.12 Å². The number of carbonyl (C=O) groups is 2. The average molecular weight is 473 g/mol. The third kappa shape index (κ3) is 7.26. The number of benzene rings is 1. The highest BCUT2D eigenvalue weighted by molar-refractivity contribution is 14.1. The summed E-state index contributed by atoms with van der Waals surface area (Å²) in [5.74, 6) is -1.89. The van der Waals surface area contributed by atoms with Crippen LogP contribution in [0.2, 0.25) is 10.0 Å². The summed E-state index contributed by atoms with van der Waals surface area (Å²) >= 11 is 13.8. The van der Waals surface area contributed by atoms with Gasteiger partial charge in [-0.1, -0.05) is 52.7 Å². The summed E-state index contributed by atoms with van der Waals surface area (Å²) in [4.78, 5) is 23.8. The molecule has 2 atom stereocenters. The fraction of sp³-hybridized carbons (Fsp3) is 0.385. The molecular formula is C13H16BCl2IN2O4. The van der Waals surface area contributed by atoms with Crippen LogP contribution in [0.25, 0.3) is 0 Å². The molecule has 23 heavy (non-hydrogen) atoms. The standard InChI is InChI=1S/C13H16BCl2IN2O4/c1-7(17)4-11(14(22)23)19-12(20)6-18-13(21)9-5-8(15)2-3-10(9)16/h2-3,5,7,11,22-23H,4,6H2,1H3,(H,18,21)(H,19,20)/t7?,11-/m0/s1. The van der Waals surface area contributed by atoms with Crippen molar-refractivity contribution in [2.24, 2.45) is 0 Å². The Balaban J connectivity index is 2.58. The lowest BCUT2D eigenvalue weighted by atomic mass is 9.77. The first kappa shape index (κ1) is 20.5. The SMILES string of the molecule is CC(I)C[C@H](NC(=O)CNC(=O)c1cc(Cl)ccc1Cl)B(O)O. The van der Waals surface area contributed by atoms with Crippen LogP contribution in [0.3, 0.4) is 0 Å². The zero-order valence-corrected chi connectivity index (χ0v) is 15.9. The van der Waals surface area contributed by atoms with Crippen molar-refractivity contribution < 1.29 is 19.6 Å². The topological polar surface area (TPSA) is 98.7 Å². The number of halogens is 3. The van der Waals surface area contributed by atoms with E-state index >= 15 is 0 Å². The van der Waals surface area contributed by atoms with Crippen molar-refractivity contribution >= 4 is 64.7 Å². The van der Waals surface area contributed by atoms with Crippen LogP contribution >= 0.6 is 45.8 Å². The third-order valence-electron chi connectivity index (χ3n) is 2.87. The molecule has 1 rings (SSSR count). The molecule has 4 N–H and O–H groups in total. The molecule has 0 fully saturated rings. The van der Waals surface area contributed by atoms with Crippen LogP contribution < -0.4 is 10.6 Å². The van der Waals surface area contributed by atoms with E-state index in [2.05, 4.69) is 33.2 Å². The minimum atomic E-state index is -1.67. The molecule has 0 aromatic heterocycles. The van der Waals surface area contributed by atoms with Gasteiger partial charge in [0.2, 0.25) is 5.91 Å². The number of nitrogens with one attached hydrogen (secondary N) is 2. The summed E-state index contributed by atoms with van der Waals surface area (Å²) in [6, 6.07) is 4.43. The summed E-state index contributed by atoms with van der Waals surface area (Å²) < 4.78 is 0.138. The molecule has 126 valence electrons. The molecule has 0 aliphatic heterocycles. The van der Waals surface area contributed by atoms with Crippen molar-refractivity contribution in [3.8, 4) is 0 Å². The first-order chi connectivity index (χ1) is 10.7. The highest BCUT2D eigenvalue weighted by atomic mass is 127. The van der Waals surface area contributed by atoms with Crippen molar-refractivity contribution in [3.05, 3.63) is 33.8 Å². The number of hydrogen-bond acceptors (Lipinski definition) is 4. The molecule has 0 aliphatic rings. The van der Waals surface area contributed by atoms with Crippen LogP contribution in [0.4, 0.5) is 0 Å². The van der Waals surface area contributed by atoms with Crippen molar-refractivity contribution in [1.29, 1.82) is 0 Å². The zero-order chi connectivity index (χ0) is 17.6. The largest absolute Gasteiger partial charge is 0.475 e. The molecule has 0 radical (unpaired) electrons. The van der Waals surface area contributed by atoms with E-state index in [4.69, 9.17) is 23.2 Å². The van der Waals surface area contributed by atoms with E-state index < -0.39 is 24.9 Å². The minimum Gasteiger partial charge on any atom is -0.426 e. The van der Waals surface area contributed by atoms with Gasteiger partial charge in [-0.15, -0.1) is 0 Å². The molecule has 0 heterocycles. The molecule has 1 unspecified atom stereocenters. The van der Waals surface area contributed by atoms with E-state index in [1.807, 2.05) is 6.92 Å². The summed E-state index contributed by atoms with van der Waals surface area (Å²) in [5, 5.41) is 23.9. The van der Waals surface area contributed by atoms with E-state index in [-0.39, 0.29) is 21.1 Å². The van der Waals surface area contributed by atoms with Crippen molar-refractivity contribution in [2.45, 2.75) is 23.2 Å². The average Bonchev–Trinajstić information content (AvgIpc) is 2.46. The third-order valence-corrected chi connectivity index (χ3v) is 3.94. The van der Waals surface area contributed by atoms with Gasteiger partial charge in [-0.05, 0) is 24.6 Å². The predicted molar refractivity (Wildman–Crippen MR) is 99.0 cm³/mol. The van der Waals surface area contributed by atoms with Gasteiger partial charge in [0.1, 0.15) is 0 Å². The number of carbonyl (C=O) groups excluding carboxylic acids is 2. The van der Waals surface area contributed by atoms with Gasteiger partial charge in [0.25, 0.3) is 5.91 Å². The van der Waals surface area contributed by atoms with E-state index in [0.717, 1.165) is 0 Å². The fourth-order valence-electron chi connectivity index (χ4n) is 1.79. The van der Waals surface area contributed by atoms with Gasteiger partial charge in [-0.25, -0.2) is 0 Å².